The van der Waals surface area contributed by atoms with Crippen LogP contribution in [0.4, 0.5) is 0 Å². The number of ether oxygens (including phenoxy) is 1. The van der Waals surface area contributed by atoms with Crippen molar-refractivity contribution in [1.29, 1.82) is 0 Å². The maximum absolute atomic E-state index is 11.4. The first-order chi connectivity index (χ1) is 9.49. The lowest BCUT2D eigenvalue weighted by molar-refractivity contribution is -0.141. The van der Waals surface area contributed by atoms with E-state index in [2.05, 4.69) is 21.2 Å². The van der Waals surface area contributed by atoms with E-state index in [1.807, 2.05) is 24.3 Å². The predicted octanol–water partition coefficient (Wildman–Crippen LogP) is 2.59. The molecule has 1 aromatic carbocycles. The molecule has 1 rings (SSSR count). The van der Waals surface area contributed by atoms with E-state index >= 15 is 0 Å². The fraction of sp³-hybridized carbons (Fsp3) is 0.429. The van der Waals surface area contributed by atoms with Crippen molar-refractivity contribution in [2.45, 2.75) is 32.2 Å². The van der Waals surface area contributed by atoms with Gasteiger partial charge in [-0.2, -0.15) is 0 Å². The highest BCUT2D eigenvalue weighted by Gasteiger charge is 2.13. The number of carbonyl (C=O) groups excluding carboxylic acids is 1. The summed E-state index contributed by atoms with van der Waals surface area (Å²) in [5, 5.41) is 11.1. The van der Waals surface area contributed by atoms with Crippen LogP contribution in [0.15, 0.2) is 28.7 Å². The zero-order chi connectivity index (χ0) is 15.0. The molecule has 0 heterocycles. The van der Waals surface area contributed by atoms with Gasteiger partial charge in [-0.05, 0) is 44.0 Å². The number of benzene rings is 1. The average molecular weight is 344 g/mol. The van der Waals surface area contributed by atoms with Gasteiger partial charge in [0, 0.05) is 10.9 Å². The molecule has 0 aliphatic carbocycles. The van der Waals surface area contributed by atoms with Gasteiger partial charge in [-0.1, -0.05) is 15.9 Å². The Morgan fingerprint density at radius 3 is 2.55 bits per heavy atom. The van der Waals surface area contributed by atoms with Crippen LogP contribution in [0.2, 0.25) is 0 Å². The molecule has 110 valence electrons. The smallest absolute Gasteiger partial charge is 0.325 e. The molecule has 0 bridgehead atoms. The number of aliphatic carboxylic acids is 1. The third-order valence-electron chi connectivity index (χ3n) is 2.63. The summed E-state index contributed by atoms with van der Waals surface area (Å²) in [6, 6.07) is 6.68. The summed E-state index contributed by atoms with van der Waals surface area (Å²) in [5.41, 5.74) is 0. The minimum Gasteiger partial charge on any atom is -0.494 e. The summed E-state index contributed by atoms with van der Waals surface area (Å²) in [7, 11) is 0. The van der Waals surface area contributed by atoms with Crippen molar-refractivity contribution in [3.05, 3.63) is 28.7 Å². The topological polar surface area (TPSA) is 75.6 Å². The van der Waals surface area contributed by atoms with Gasteiger partial charge in [0.15, 0.2) is 0 Å². The lowest BCUT2D eigenvalue weighted by Gasteiger charge is -2.09. The van der Waals surface area contributed by atoms with E-state index < -0.39 is 12.0 Å². The van der Waals surface area contributed by atoms with E-state index in [4.69, 9.17) is 9.84 Å². The monoisotopic (exact) mass is 343 g/mol. The van der Waals surface area contributed by atoms with Crippen molar-refractivity contribution in [2.75, 3.05) is 6.61 Å². The summed E-state index contributed by atoms with van der Waals surface area (Å²) in [4.78, 5) is 22.0. The largest absolute Gasteiger partial charge is 0.494 e. The van der Waals surface area contributed by atoms with E-state index in [-0.39, 0.29) is 5.91 Å². The van der Waals surface area contributed by atoms with Crippen LogP contribution in [0.5, 0.6) is 5.75 Å². The van der Waals surface area contributed by atoms with Gasteiger partial charge < -0.3 is 15.2 Å². The number of carboxylic acids is 1. The molecule has 0 unspecified atom stereocenters. The highest BCUT2D eigenvalue weighted by atomic mass is 79.9. The van der Waals surface area contributed by atoms with Gasteiger partial charge >= 0.3 is 5.97 Å². The molecular formula is C14H18BrNO4. The van der Waals surface area contributed by atoms with E-state index in [0.717, 1.165) is 16.6 Å². The minimum atomic E-state index is -1.03. The Hall–Kier alpha value is -1.56. The standard InChI is InChI=1S/C14H18BrNO4/c1-10(14(18)19)16-13(17)4-2-3-9-20-12-7-5-11(15)6-8-12/h5-8,10H,2-4,9H2,1H3,(H,16,17)(H,18,19)/t10-/m0/s1. The summed E-state index contributed by atoms with van der Waals surface area (Å²) in [6.07, 6.45) is 1.71. The number of unbranched alkanes of at least 4 members (excludes halogenated alkanes) is 1. The number of hydrogen-bond acceptors (Lipinski definition) is 3. The van der Waals surface area contributed by atoms with Crippen LogP contribution in [0.1, 0.15) is 26.2 Å². The number of hydrogen-bond donors (Lipinski definition) is 2. The van der Waals surface area contributed by atoms with E-state index in [9.17, 15) is 9.59 Å². The predicted molar refractivity (Wildman–Crippen MR) is 78.7 cm³/mol. The first-order valence-corrected chi connectivity index (χ1v) is 7.19. The van der Waals surface area contributed by atoms with Crippen molar-refractivity contribution in [3.63, 3.8) is 0 Å². The second-order valence-electron chi connectivity index (χ2n) is 4.39. The first-order valence-electron chi connectivity index (χ1n) is 6.39. The Morgan fingerprint density at radius 1 is 1.30 bits per heavy atom. The van der Waals surface area contributed by atoms with Gasteiger partial charge in [0.2, 0.25) is 5.91 Å². The fourth-order valence-electron chi connectivity index (χ4n) is 1.48. The molecule has 1 aromatic rings. The molecule has 0 aromatic heterocycles. The molecule has 6 heteroatoms. The second-order valence-corrected chi connectivity index (χ2v) is 5.30. The molecule has 20 heavy (non-hydrogen) atoms. The summed E-state index contributed by atoms with van der Waals surface area (Å²) < 4.78 is 6.51. The molecule has 1 atom stereocenters. The van der Waals surface area contributed by atoms with Crippen LogP contribution in [-0.2, 0) is 9.59 Å². The molecule has 0 radical (unpaired) electrons. The van der Waals surface area contributed by atoms with Gasteiger partial charge in [-0.15, -0.1) is 0 Å². The highest BCUT2D eigenvalue weighted by Crippen LogP contribution is 2.16. The zero-order valence-electron chi connectivity index (χ0n) is 11.3. The molecule has 1 amide bonds. The van der Waals surface area contributed by atoms with Crippen LogP contribution in [0.3, 0.4) is 0 Å². The molecule has 0 spiro atoms. The summed E-state index contributed by atoms with van der Waals surface area (Å²) >= 11 is 3.34. The van der Waals surface area contributed by atoms with Crippen LogP contribution in [0, 0.1) is 0 Å². The second kappa shape index (κ2) is 8.58. The maximum atomic E-state index is 11.4. The Morgan fingerprint density at radius 2 is 1.95 bits per heavy atom. The third-order valence-corrected chi connectivity index (χ3v) is 3.16. The van der Waals surface area contributed by atoms with Gasteiger partial charge in [0.05, 0.1) is 6.61 Å². The minimum absolute atomic E-state index is 0.247. The molecule has 0 fully saturated rings. The first kappa shape index (κ1) is 16.5. The quantitative estimate of drug-likeness (QED) is 0.711. The molecule has 5 nitrogen and oxygen atoms in total. The van der Waals surface area contributed by atoms with Gasteiger partial charge in [0.25, 0.3) is 0 Å². The number of amides is 1. The van der Waals surface area contributed by atoms with Crippen molar-refractivity contribution < 1.29 is 19.4 Å². The van der Waals surface area contributed by atoms with Crippen molar-refractivity contribution in [2.24, 2.45) is 0 Å². The van der Waals surface area contributed by atoms with Gasteiger partial charge in [-0.25, -0.2) is 0 Å². The number of halogens is 1. The van der Waals surface area contributed by atoms with Crippen LogP contribution in [0.25, 0.3) is 0 Å². The zero-order valence-corrected chi connectivity index (χ0v) is 12.9. The normalized spacial score (nSPS) is 11.7. The van der Waals surface area contributed by atoms with Crippen molar-refractivity contribution in [1.82, 2.24) is 5.32 Å². The van der Waals surface area contributed by atoms with Crippen molar-refractivity contribution in [3.8, 4) is 5.75 Å². The van der Waals surface area contributed by atoms with E-state index in [0.29, 0.717) is 19.4 Å². The van der Waals surface area contributed by atoms with Crippen LogP contribution < -0.4 is 10.1 Å². The highest BCUT2D eigenvalue weighted by molar-refractivity contribution is 9.10. The lowest BCUT2D eigenvalue weighted by atomic mass is 10.2. The number of carboxylic acid groups (broad SMARTS) is 1. The number of carbonyl (C=O) groups is 2. The molecular weight excluding hydrogens is 326 g/mol. The average Bonchev–Trinajstić information content (AvgIpc) is 2.40. The van der Waals surface area contributed by atoms with E-state index in [1.54, 1.807) is 0 Å². The number of nitrogens with one attached hydrogen (secondary N) is 1. The SMILES string of the molecule is C[C@H](NC(=O)CCCCOc1ccc(Br)cc1)C(=O)O. The molecule has 0 aliphatic heterocycles. The van der Waals surface area contributed by atoms with Crippen molar-refractivity contribution >= 4 is 27.8 Å². The van der Waals surface area contributed by atoms with E-state index in [1.165, 1.54) is 6.92 Å². The molecule has 0 saturated heterocycles. The van der Waals surface area contributed by atoms with Gasteiger partial charge in [0.1, 0.15) is 11.8 Å². The van der Waals surface area contributed by atoms with Crippen LogP contribution >= 0.6 is 15.9 Å². The third kappa shape index (κ3) is 6.56. The molecule has 0 aliphatic rings. The van der Waals surface area contributed by atoms with Gasteiger partial charge in [-0.3, -0.25) is 9.59 Å². The number of rotatable bonds is 8. The lowest BCUT2D eigenvalue weighted by Crippen LogP contribution is -2.38. The van der Waals surface area contributed by atoms with Crippen LogP contribution in [-0.4, -0.2) is 29.6 Å². The Bertz CT molecular complexity index is 447. The maximum Gasteiger partial charge on any atom is 0.325 e. The summed E-state index contributed by atoms with van der Waals surface area (Å²) in [5.74, 6) is -0.488. The molecule has 0 saturated carbocycles. The Balaban J connectivity index is 2.11. The summed E-state index contributed by atoms with van der Waals surface area (Å²) in [6.45, 7) is 1.97. The molecule has 2 N–H and O–H groups in total. The Kier molecular flexibility index (Phi) is 7.08. The Labute approximate surface area is 126 Å². The fourth-order valence-corrected chi connectivity index (χ4v) is 1.75.